The van der Waals surface area contributed by atoms with Crippen molar-refractivity contribution in [2.45, 2.75) is 77.5 Å². The topological polar surface area (TPSA) is 175 Å². The number of methoxy groups -OCH3 is 2. The van der Waals surface area contributed by atoms with Gasteiger partial charge < -0.3 is 39.9 Å². The maximum absolute atomic E-state index is 13.6. The number of nitrogens with one attached hydrogen (secondary N) is 4. The van der Waals surface area contributed by atoms with Crippen molar-refractivity contribution in [1.82, 2.24) is 40.4 Å². The molecular formula is C40H48N8O6S2. The molecule has 0 spiro atoms. The highest BCUT2D eigenvalue weighted by atomic mass is 32.1. The number of imidazole rings is 2. The van der Waals surface area contributed by atoms with Crippen molar-refractivity contribution >= 4 is 56.1 Å². The number of hydrogen-bond donors (Lipinski definition) is 4. The van der Waals surface area contributed by atoms with E-state index in [9.17, 15) is 19.2 Å². The Labute approximate surface area is 333 Å². The molecule has 4 atom stereocenters. The summed E-state index contributed by atoms with van der Waals surface area (Å²) in [6, 6.07) is 11.0. The first-order valence-electron chi connectivity index (χ1n) is 19.0. The summed E-state index contributed by atoms with van der Waals surface area (Å²) in [5.41, 5.74) is 3.89. The first-order chi connectivity index (χ1) is 26.9. The van der Waals surface area contributed by atoms with Gasteiger partial charge in [0.1, 0.15) is 23.7 Å². The number of hydrogen-bond acceptors (Lipinski definition) is 10. The largest absolute Gasteiger partial charge is 0.453 e. The number of amides is 4. The molecule has 5 aromatic rings. The number of thiophene rings is 2. The van der Waals surface area contributed by atoms with E-state index >= 15 is 0 Å². The molecule has 4 aromatic heterocycles. The Bertz CT molecular complexity index is 2170. The zero-order chi connectivity index (χ0) is 39.7. The predicted octanol–water partition coefficient (Wildman–Crippen LogP) is 7.50. The van der Waals surface area contributed by atoms with Crippen LogP contribution in [0.25, 0.3) is 41.7 Å². The van der Waals surface area contributed by atoms with Crippen molar-refractivity contribution in [2.75, 3.05) is 27.3 Å². The van der Waals surface area contributed by atoms with Crippen LogP contribution in [0.4, 0.5) is 9.59 Å². The van der Waals surface area contributed by atoms with E-state index < -0.39 is 24.3 Å². The summed E-state index contributed by atoms with van der Waals surface area (Å²) in [6.45, 7) is 8.82. The van der Waals surface area contributed by atoms with Crippen LogP contribution in [0.3, 0.4) is 0 Å². The molecule has 2 saturated heterocycles. The van der Waals surface area contributed by atoms with Crippen molar-refractivity contribution in [2.24, 2.45) is 11.8 Å². The summed E-state index contributed by atoms with van der Waals surface area (Å²) in [6.07, 6.45) is 5.70. The number of H-pyrrole nitrogens is 2. The Hall–Kier alpha value is -5.22. The van der Waals surface area contributed by atoms with Gasteiger partial charge in [0.25, 0.3) is 0 Å². The minimum Gasteiger partial charge on any atom is -0.453 e. The number of likely N-dealkylation sites (tertiary alicyclic amines) is 2. The molecule has 4 N–H and O–H groups in total. The highest BCUT2D eigenvalue weighted by Gasteiger charge is 2.39. The number of rotatable bonds is 11. The molecule has 16 heteroatoms. The molecule has 4 amide bonds. The van der Waals surface area contributed by atoms with Crippen molar-refractivity contribution < 1.29 is 28.7 Å². The summed E-state index contributed by atoms with van der Waals surface area (Å²) in [5.74, 6) is 1.01. The molecule has 4 unspecified atom stereocenters. The molecule has 0 bridgehead atoms. The number of ether oxygens (including phenoxy) is 2. The van der Waals surface area contributed by atoms with E-state index in [-0.39, 0.29) is 35.7 Å². The molecule has 296 valence electrons. The van der Waals surface area contributed by atoms with E-state index in [1.807, 2.05) is 49.9 Å². The molecule has 0 saturated carbocycles. The summed E-state index contributed by atoms with van der Waals surface area (Å²) in [5, 5.41) is 5.40. The number of carbonyl (C=O) groups is 4. The van der Waals surface area contributed by atoms with Gasteiger partial charge in [-0.15, -0.1) is 22.7 Å². The molecule has 6 heterocycles. The van der Waals surface area contributed by atoms with Crippen molar-refractivity contribution in [3.8, 4) is 32.3 Å². The molecule has 0 aliphatic carbocycles. The third-order valence-electron chi connectivity index (χ3n) is 10.6. The van der Waals surface area contributed by atoms with Crippen LogP contribution in [0.5, 0.6) is 0 Å². The fraction of sp³-hybridized carbons (Fsp3) is 0.450. The number of aromatic nitrogens is 4. The van der Waals surface area contributed by atoms with Crippen LogP contribution in [0.1, 0.15) is 77.1 Å². The third-order valence-corrected chi connectivity index (χ3v) is 13.0. The molecule has 2 fully saturated rings. The van der Waals surface area contributed by atoms with Gasteiger partial charge in [-0.05, 0) is 60.8 Å². The normalized spacial score (nSPS) is 18.1. The van der Waals surface area contributed by atoms with Gasteiger partial charge in [-0.25, -0.2) is 19.6 Å². The van der Waals surface area contributed by atoms with Crippen molar-refractivity contribution in [3.05, 3.63) is 60.4 Å². The fourth-order valence-corrected chi connectivity index (χ4v) is 9.96. The zero-order valence-electron chi connectivity index (χ0n) is 32.4. The minimum atomic E-state index is -0.683. The van der Waals surface area contributed by atoms with Crippen LogP contribution >= 0.6 is 22.7 Å². The van der Waals surface area contributed by atoms with Gasteiger partial charge >= 0.3 is 12.2 Å². The monoisotopic (exact) mass is 800 g/mol. The van der Waals surface area contributed by atoms with Gasteiger partial charge in [0, 0.05) is 27.4 Å². The van der Waals surface area contributed by atoms with E-state index in [0.717, 1.165) is 64.7 Å². The lowest BCUT2D eigenvalue weighted by Gasteiger charge is -2.30. The second-order valence-corrected chi connectivity index (χ2v) is 17.2. The lowest BCUT2D eigenvalue weighted by Crippen LogP contribution is -2.51. The average molecular weight is 801 g/mol. The predicted molar refractivity (Wildman–Crippen MR) is 216 cm³/mol. The van der Waals surface area contributed by atoms with Gasteiger partial charge in [-0.3, -0.25) is 9.59 Å². The molecular weight excluding hydrogens is 753 g/mol. The third kappa shape index (κ3) is 7.89. The standard InChI is InChI=1S/C40H48N8O6S2/c1-21(2)33(45-39(51)53-5)37(49)47-15-7-9-27(47)35-41-19-25(43-35)23-11-13-24(14-12-23)29-17-31-32(55-29)18-30(56-31)26-20-42-36(44-26)28-10-8-16-48(28)38(50)34(22(3)4)46-40(52)54-6/h11-14,17-22,27-28,33-34H,7-10,15-16H2,1-6H3,(H,41,43)(H,42,44)(H,45,51)(H,46,52). The highest BCUT2D eigenvalue weighted by molar-refractivity contribution is 7.31. The first kappa shape index (κ1) is 39.0. The maximum Gasteiger partial charge on any atom is 0.407 e. The Balaban J connectivity index is 1.02. The summed E-state index contributed by atoms with van der Waals surface area (Å²) < 4.78 is 11.9. The van der Waals surface area contributed by atoms with E-state index in [0.29, 0.717) is 13.1 Å². The second kappa shape index (κ2) is 16.5. The zero-order valence-corrected chi connectivity index (χ0v) is 34.0. The number of nitrogens with zero attached hydrogens (tertiary/aromatic N) is 4. The van der Waals surface area contributed by atoms with Crippen LogP contribution in [0.15, 0.2) is 48.8 Å². The van der Waals surface area contributed by atoms with Crippen LogP contribution in [-0.4, -0.2) is 93.1 Å². The molecule has 2 aliphatic rings. The van der Waals surface area contributed by atoms with Crippen LogP contribution in [-0.2, 0) is 19.1 Å². The highest BCUT2D eigenvalue weighted by Crippen LogP contribution is 2.42. The number of benzene rings is 1. The number of alkyl carbamates (subject to hydrolysis) is 2. The van der Waals surface area contributed by atoms with Gasteiger partial charge in [0.05, 0.1) is 55.0 Å². The van der Waals surface area contributed by atoms with E-state index in [1.165, 1.54) is 28.5 Å². The SMILES string of the molecule is COC(=O)NC(C(=O)N1CCCC1c1ncc(-c2ccc(-c3cc4sc(-c5cnc(C6CCCN6C(=O)C(NC(=O)OC)C(C)C)[nH]5)cc4s3)cc2)[nH]1)C(C)C. The Morgan fingerprint density at radius 2 is 1.14 bits per heavy atom. The molecule has 7 rings (SSSR count). The molecule has 1 aromatic carbocycles. The van der Waals surface area contributed by atoms with Crippen LogP contribution < -0.4 is 10.6 Å². The maximum atomic E-state index is 13.6. The Morgan fingerprint density at radius 3 is 1.64 bits per heavy atom. The van der Waals surface area contributed by atoms with Gasteiger partial charge in [-0.2, -0.15) is 0 Å². The van der Waals surface area contributed by atoms with Crippen molar-refractivity contribution in [1.29, 1.82) is 0 Å². The summed E-state index contributed by atoms with van der Waals surface area (Å²) in [4.78, 5) is 73.2. The number of fused-ring (bicyclic) bond motifs is 1. The first-order valence-corrected chi connectivity index (χ1v) is 20.6. The Kier molecular flexibility index (Phi) is 11.5. The fourth-order valence-electron chi connectivity index (χ4n) is 7.59. The van der Waals surface area contributed by atoms with Gasteiger partial charge in [0.15, 0.2) is 0 Å². The molecule has 14 nitrogen and oxygen atoms in total. The lowest BCUT2D eigenvalue weighted by molar-refractivity contribution is -0.136. The Morgan fingerprint density at radius 1 is 0.696 bits per heavy atom. The smallest absolute Gasteiger partial charge is 0.407 e. The lowest BCUT2D eigenvalue weighted by atomic mass is 10.0. The van der Waals surface area contributed by atoms with Gasteiger partial charge in [-0.1, -0.05) is 52.0 Å². The van der Waals surface area contributed by atoms with E-state index in [1.54, 1.807) is 22.7 Å². The molecule has 0 radical (unpaired) electrons. The summed E-state index contributed by atoms with van der Waals surface area (Å²) >= 11 is 3.44. The minimum absolute atomic E-state index is 0.0990. The number of carbonyl (C=O) groups excluding carboxylic acids is 4. The van der Waals surface area contributed by atoms with Crippen molar-refractivity contribution in [3.63, 3.8) is 0 Å². The molecule has 56 heavy (non-hydrogen) atoms. The second-order valence-electron chi connectivity index (χ2n) is 15.0. The van der Waals surface area contributed by atoms with Gasteiger partial charge in [0.2, 0.25) is 11.8 Å². The summed E-state index contributed by atoms with van der Waals surface area (Å²) in [7, 11) is 2.59. The van der Waals surface area contributed by atoms with Crippen LogP contribution in [0.2, 0.25) is 0 Å². The average Bonchev–Trinajstić information content (AvgIpc) is 4.04. The van der Waals surface area contributed by atoms with E-state index in [4.69, 9.17) is 14.5 Å². The number of aromatic amines is 2. The molecule has 2 aliphatic heterocycles. The van der Waals surface area contributed by atoms with Crippen LogP contribution in [0, 0.1) is 11.8 Å². The quantitative estimate of drug-likeness (QED) is 0.106. The van der Waals surface area contributed by atoms with E-state index in [2.05, 4.69) is 62.0 Å².